The van der Waals surface area contributed by atoms with Gasteiger partial charge in [-0.3, -0.25) is 30.6 Å². The average molecular weight is 458 g/mol. The highest BCUT2D eigenvalue weighted by Gasteiger charge is 2.23. The molecule has 33 heavy (non-hydrogen) atoms. The number of methoxy groups -OCH3 is 3. The molecule has 1 aliphatic rings. The second-order valence-electron chi connectivity index (χ2n) is 7.33. The van der Waals surface area contributed by atoms with Crippen molar-refractivity contribution in [2.75, 3.05) is 39.3 Å². The molecule has 0 radical (unpaired) electrons. The first-order valence-electron chi connectivity index (χ1n) is 10.3. The van der Waals surface area contributed by atoms with E-state index in [0.29, 0.717) is 11.4 Å². The van der Waals surface area contributed by atoms with E-state index in [1.54, 1.807) is 6.07 Å². The van der Waals surface area contributed by atoms with Crippen LogP contribution >= 0.6 is 0 Å². The minimum atomic E-state index is -0.691. The highest BCUT2D eigenvalue weighted by Crippen LogP contribution is 2.38. The fraction of sp³-hybridized carbons (Fsp3) is 0.364. The molecule has 1 aliphatic heterocycles. The first-order valence-corrected chi connectivity index (χ1v) is 10.3. The van der Waals surface area contributed by atoms with Crippen molar-refractivity contribution in [3.05, 3.63) is 51.6 Å². The summed E-state index contributed by atoms with van der Waals surface area (Å²) in [6.07, 6.45) is 3.02. The molecule has 2 N–H and O–H groups in total. The Kier molecular flexibility index (Phi) is 7.54. The average Bonchev–Trinajstić information content (AvgIpc) is 2.86. The van der Waals surface area contributed by atoms with Crippen molar-refractivity contribution < 1.29 is 28.7 Å². The number of amides is 2. The van der Waals surface area contributed by atoms with Crippen molar-refractivity contribution in [1.82, 2.24) is 10.9 Å². The van der Waals surface area contributed by atoms with E-state index in [4.69, 9.17) is 14.2 Å². The monoisotopic (exact) mass is 458 g/mol. The Balaban J connectivity index is 1.74. The molecule has 0 unspecified atom stereocenters. The number of benzene rings is 2. The number of carbonyl (C=O) groups is 2. The number of nitrogens with zero attached hydrogens (tertiary/aromatic N) is 2. The van der Waals surface area contributed by atoms with Crippen LogP contribution in [-0.4, -0.2) is 51.2 Å². The predicted molar refractivity (Wildman–Crippen MR) is 120 cm³/mol. The van der Waals surface area contributed by atoms with E-state index in [1.165, 1.54) is 45.6 Å². The highest BCUT2D eigenvalue weighted by atomic mass is 16.6. The number of anilines is 1. The van der Waals surface area contributed by atoms with Gasteiger partial charge in [0, 0.05) is 30.3 Å². The fourth-order valence-corrected chi connectivity index (χ4v) is 3.68. The van der Waals surface area contributed by atoms with Crippen LogP contribution in [-0.2, 0) is 0 Å². The third-order valence-corrected chi connectivity index (χ3v) is 5.35. The van der Waals surface area contributed by atoms with E-state index in [-0.39, 0.29) is 28.3 Å². The number of hydrogen-bond donors (Lipinski definition) is 2. The molecule has 1 saturated heterocycles. The Hall–Kier alpha value is -4.02. The number of carbonyl (C=O) groups excluding carboxylic acids is 2. The van der Waals surface area contributed by atoms with Crippen LogP contribution in [0.1, 0.15) is 40.0 Å². The van der Waals surface area contributed by atoms with E-state index in [0.717, 1.165) is 32.4 Å². The van der Waals surface area contributed by atoms with Gasteiger partial charge in [0.2, 0.25) is 5.75 Å². The summed E-state index contributed by atoms with van der Waals surface area (Å²) < 4.78 is 15.7. The number of piperidine rings is 1. The van der Waals surface area contributed by atoms with Crippen LogP contribution in [0.2, 0.25) is 0 Å². The Bertz CT molecular complexity index is 1030. The highest BCUT2D eigenvalue weighted by molar-refractivity contribution is 6.00. The maximum absolute atomic E-state index is 12.6. The zero-order valence-electron chi connectivity index (χ0n) is 18.7. The molecule has 2 amide bonds. The topological polar surface area (TPSA) is 132 Å². The van der Waals surface area contributed by atoms with E-state index < -0.39 is 16.7 Å². The summed E-state index contributed by atoms with van der Waals surface area (Å²) in [5, 5.41) is 11.6. The standard InChI is InChI=1S/C22H26N4O7/c1-31-18-12-15(13-19(32-2)20(18)33-3)22(28)24-23-21(27)14-7-8-16(17(11-14)26(29)30)25-9-5-4-6-10-25/h7-8,11-13H,4-6,9-10H2,1-3H3,(H,23,27)(H,24,28). The predicted octanol–water partition coefficient (Wildman–Crippen LogP) is 2.69. The maximum Gasteiger partial charge on any atom is 0.293 e. The van der Waals surface area contributed by atoms with Gasteiger partial charge >= 0.3 is 0 Å². The molecule has 0 aromatic heterocycles. The van der Waals surface area contributed by atoms with Gasteiger partial charge in [-0.1, -0.05) is 0 Å². The van der Waals surface area contributed by atoms with Gasteiger partial charge in [0.05, 0.1) is 26.3 Å². The Morgan fingerprint density at radius 1 is 0.879 bits per heavy atom. The smallest absolute Gasteiger partial charge is 0.293 e. The van der Waals surface area contributed by atoms with Gasteiger partial charge in [0.1, 0.15) is 5.69 Å². The summed E-state index contributed by atoms with van der Waals surface area (Å²) in [7, 11) is 4.28. The summed E-state index contributed by atoms with van der Waals surface area (Å²) in [6, 6.07) is 7.14. The second-order valence-corrected chi connectivity index (χ2v) is 7.33. The summed E-state index contributed by atoms with van der Waals surface area (Å²) in [5.74, 6) is -0.456. The maximum atomic E-state index is 12.6. The minimum Gasteiger partial charge on any atom is -0.493 e. The fourth-order valence-electron chi connectivity index (χ4n) is 3.68. The van der Waals surface area contributed by atoms with E-state index in [1.807, 2.05) is 4.90 Å². The van der Waals surface area contributed by atoms with Crippen molar-refractivity contribution >= 4 is 23.2 Å². The molecule has 11 heteroatoms. The molecule has 11 nitrogen and oxygen atoms in total. The van der Waals surface area contributed by atoms with Crippen LogP contribution in [0.5, 0.6) is 17.2 Å². The van der Waals surface area contributed by atoms with Gasteiger partial charge in [-0.2, -0.15) is 0 Å². The summed E-state index contributed by atoms with van der Waals surface area (Å²) in [6.45, 7) is 1.47. The summed E-state index contributed by atoms with van der Waals surface area (Å²) in [5.41, 5.74) is 5.10. The molecule has 1 heterocycles. The zero-order chi connectivity index (χ0) is 24.0. The van der Waals surface area contributed by atoms with Crippen LogP contribution < -0.4 is 30.0 Å². The Labute approximate surface area is 190 Å². The number of hydrazine groups is 1. The quantitative estimate of drug-likeness (QED) is 0.478. The number of ether oxygens (including phenoxy) is 3. The Morgan fingerprint density at radius 2 is 1.45 bits per heavy atom. The minimum absolute atomic E-state index is 0.0488. The van der Waals surface area contributed by atoms with E-state index in [9.17, 15) is 19.7 Å². The summed E-state index contributed by atoms with van der Waals surface area (Å²) >= 11 is 0. The van der Waals surface area contributed by atoms with E-state index in [2.05, 4.69) is 10.9 Å². The SMILES string of the molecule is COc1cc(C(=O)NNC(=O)c2ccc(N3CCCCC3)c([N+](=O)[O-])c2)cc(OC)c1OC. The van der Waals surface area contributed by atoms with Gasteiger partial charge in [0.25, 0.3) is 17.5 Å². The number of nitrogens with one attached hydrogen (secondary N) is 2. The first-order chi connectivity index (χ1) is 15.9. The third kappa shape index (κ3) is 5.25. The number of hydrogen-bond acceptors (Lipinski definition) is 8. The van der Waals surface area contributed by atoms with Gasteiger partial charge in [0.15, 0.2) is 11.5 Å². The zero-order valence-corrected chi connectivity index (χ0v) is 18.7. The van der Waals surface area contributed by atoms with Crippen molar-refractivity contribution in [2.24, 2.45) is 0 Å². The van der Waals surface area contributed by atoms with E-state index >= 15 is 0 Å². The molecule has 3 rings (SSSR count). The first kappa shape index (κ1) is 23.6. The van der Waals surface area contributed by atoms with Crippen molar-refractivity contribution in [2.45, 2.75) is 19.3 Å². The van der Waals surface area contributed by atoms with Crippen molar-refractivity contribution in [1.29, 1.82) is 0 Å². The number of rotatable bonds is 7. The van der Waals surface area contributed by atoms with Crippen LogP contribution in [0, 0.1) is 10.1 Å². The number of nitro benzene ring substituents is 1. The van der Waals surface area contributed by atoms with Crippen LogP contribution in [0.4, 0.5) is 11.4 Å². The molecule has 176 valence electrons. The van der Waals surface area contributed by atoms with Gasteiger partial charge in [-0.25, -0.2) is 0 Å². The molecule has 0 bridgehead atoms. The molecular weight excluding hydrogens is 432 g/mol. The lowest BCUT2D eigenvalue weighted by Gasteiger charge is -2.28. The normalized spacial score (nSPS) is 13.1. The van der Waals surface area contributed by atoms with Crippen LogP contribution in [0.15, 0.2) is 30.3 Å². The van der Waals surface area contributed by atoms with Gasteiger partial charge in [-0.05, 0) is 43.5 Å². The molecule has 0 atom stereocenters. The molecule has 2 aromatic carbocycles. The molecule has 1 fully saturated rings. The van der Waals surface area contributed by atoms with Crippen LogP contribution in [0.3, 0.4) is 0 Å². The van der Waals surface area contributed by atoms with Crippen molar-refractivity contribution in [3.63, 3.8) is 0 Å². The molecule has 0 spiro atoms. The lowest BCUT2D eigenvalue weighted by Crippen LogP contribution is -2.41. The van der Waals surface area contributed by atoms with Gasteiger partial charge < -0.3 is 19.1 Å². The third-order valence-electron chi connectivity index (χ3n) is 5.35. The lowest BCUT2D eigenvalue weighted by molar-refractivity contribution is -0.384. The van der Waals surface area contributed by atoms with Gasteiger partial charge in [-0.15, -0.1) is 0 Å². The molecule has 2 aromatic rings. The van der Waals surface area contributed by atoms with Crippen LogP contribution in [0.25, 0.3) is 0 Å². The molecular formula is C22H26N4O7. The van der Waals surface area contributed by atoms with Crippen molar-refractivity contribution in [3.8, 4) is 17.2 Å². The molecule has 0 aliphatic carbocycles. The number of nitro groups is 1. The molecule has 0 saturated carbocycles. The second kappa shape index (κ2) is 10.5. The lowest BCUT2D eigenvalue weighted by atomic mass is 10.1. The largest absolute Gasteiger partial charge is 0.493 e. The Morgan fingerprint density at radius 3 is 1.97 bits per heavy atom. The summed E-state index contributed by atoms with van der Waals surface area (Å²) in [4.78, 5) is 38.2.